The van der Waals surface area contributed by atoms with Gasteiger partial charge in [0.15, 0.2) is 6.23 Å². The fourth-order valence-electron chi connectivity index (χ4n) is 4.88. The molecule has 2 heterocycles. The van der Waals surface area contributed by atoms with Crippen LogP contribution in [-0.2, 0) is 50.6 Å². The molecule has 2 aromatic rings. The Morgan fingerprint density at radius 3 is 2.58 bits per heavy atom. The molecule has 1 aliphatic rings. The molecule has 3 rings (SSSR count). The van der Waals surface area contributed by atoms with E-state index in [0.29, 0.717) is 31.1 Å². The highest BCUT2D eigenvalue weighted by atomic mass is 31.3. The first-order valence-corrected chi connectivity index (χ1v) is 22.7. The Morgan fingerprint density at radius 1 is 1.10 bits per heavy atom. The molecule has 7 N–H and O–H groups in total. The third-order valence-electron chi connectivity index (χ3n) is 7.43. The van der Waals surface area contributed by atoms with Crippen molar-refractivity contribution in [3.8, 4) is 17.6 Å². The zero-order valence-corrected chi connectivity index (χ0v) is 35.4. The van der Waals surface area contributed by atoms with Crippen LogP contribution >= 0.6 is 23.2 Å². The number of rotatable bonds is 26. The van der Waals surface area contributed by atoms with Gasteiger partial charge in [-0.05, 0) is 36.3 Å². The number of nitrogens with zero attached hydrogens (tertiary/aromatic N) is 7. The Kier molecular flexibility index (Phi) is 20.9. The number of H-pyrrole nitrogens is 1. The number of carbonyl (C=O) groups is 2. The topological polar surface area (TPSA) is 408 Å². The number of phosphoric acid groups is 2. The Balaban J connectivity index is 1.50. The molecule has 1 aliphatic heterocycles. The predicted octanol–water partition coefficient (Wildman–Crippen LogP) is 0.708. The summed E-state index contributed by atoms with van der Waals surface area (Å²) < 4.78 is 76.4. The lowest BCUT2D eigenvalue weighted by molar-refractivity contribution is -0.126. The molecule has 0 radical (unpaired) electrons. The van der Waals surface area contributed by atoms with Crippen LogP contribution in [0.2, 0.25) is 0 Å². The summed E-state index contributed by atoms with van der Waals surface area (Å²) in [5.41, 5.74) is 15.7. The number of ether oxygens (including phenoxy) is 5. The Labute approximate surface area is 350 Å². The lowest BCUT2D eigenvalue weighted by atomic mass is 10.2. The van der Waals surface area contributed by atoms with Gasteiger partial charge in [-0.1, -0.05) is 28.1 Å². The van der Waals surface area contributed by atoms with Gasteiger partial charge >= 0.3 is 28.9 Å². The second kappa shape index (κ2) is 25.2. The third kappa shape index (κ3) is 19.0. The van der Waals surface area contributed by atoms with Gasteiger partial charge in [-0.25, -0.2) is 18.2 Å². The molecule has 0 bridgehead atoms. The largest absolute Gasteiger partial charge is 0.491 e. The number of aromatic nitrogens is 2. The van der Waals surface area contributed by atoms with Crippen LogP contribution in [0.25, 0.3) is 20.9 Å². The molecule has 4 unspecified atom stereocenters. The minimum Gasteiger partial charge on any atom is -0.491 e. The monoisotopic (exact) mass is 937 g/mol. The third-order valence-corrected chi connectivity index (χ3v) is 11.6. The number of phosphoric ester groups is 1. The number of nitrogens with one attached hydrogen (secondary N) is 4. The molecule has 340 valence electrons. The molecule has 32 heteroatoms. The highest BCUT2D eigenvalue weighted by molar-refractivity contribution is 7.68. The molecule has 62 heavy (non-hydrogen) atoms. The van der Waals surface area contributed by atoms with Crippen molar-refractivity contribution >= 4 is 35.1 Å². The lowest BCUT2D eigenvalue weighted by Crippen LogP contribution is -2.34. The fourth-order valence-corrected chi connectivity index (χ4v) is 8.37. The SMILES string of the molecule is CNCCNC(=O)c1cccc(OCC(N=[N+]=[N-])OCCOCC(=O)NCC#Cc2cn([C@H]3C[C@@H](OCN=[N+]=[N-])[C@@H](COP(=O)(O)OP(=O)(O)OP(C)(=O)O)O3)c(=O)[nH]c2=O)c1. The standard InChI is InChI=1S/C30H42N11O18P3/c1-33-9-10-35-28(43)20-5-3-7-22(13-20)54-18-26(38-40-32)53-12-11-52-17-25(42)34-8-4-6-21-15-41(30(45)37-29(21)44)27-14-23(55-19-36-39-31)24(57-27)16-56-61(48,49)59-62(50,51)58-60(2,46)47/h3,5,7,13,15,23-24,26-27,33H,8-12,14,16-19H2,1-2H3,(H,34,42)(H,35,43)(H,46,47)(H,48,49)(H,50,51)(H,37,44,45)/t23-,24-,26?,27-/m1/s1. The Bertz CT molecular complexity index is 2290. The molecule has 0 saturated carbocycles. The molecule has 0 spiro atoms. The van der Waals surface area contributed by atoms with Crippen LogP contribution < -0.4 is 31.9 Å². The molecule has 1 saturated heterocycles. The molecule has 1 aromatic heterocycles. The van der Waals surface area contributed by atoms with E-state index in [-0.39, 0.29) is 44.3 Å². The lowest BCUT2D eigenvalue weighted by Gasteiger charge is -2.21. The van der Waals surface area contributed by atoms with E-state index in [1.54, 1.807) is 25.2 Å². The summed E-state index contributed by atoms with van der Waals surface area (Å²) in [7, 11) is -14.0. The Morgan fingerprint density at radius 2 is 1.87 bits per heavy atom. The summed E-state index contributed by atoms with van der Waals surface area (Å²) in [5, 5.41) is 14.8. The Hall–Kier alpha value is -4.93. The van der Waals surface area contributed by atoms with Gasteiger partial charge in [-0.2, -0.15) is 4.31 Å². The van der Waals surface area contributed by atoms with Gasteiger partial charge < -0.3 is 54.3 Å². The minimum absolute atomic E-state index is 0.0934. The number of likely N-dealkylation sites (N-methyl/N-ethyl adjacent to an activating group) is 1. The van der Waals surface area contributed by atoms with Crippen molar-refractivity contribution in [2.75, 3.05) is 73.1 Å². The number of aromatic amines is 1. The molecule has 29 nitrogen and oxygen atoms in total. The van der Waals surface area contributed by atoms with Crippen molar-refractivity contribution in [2.45, 2.75) is 31.1 Å². The van der Waals surface area contributed by atoms with Crippen molar-refractivity contribution < 1.29 is 74.8 Å². The number of carbonyl (C=O) groups excluding carboxylic acids is 2. The van der Waals surface area contributed by atoms with Crippen molar-refractivity contribution in [2.24, 2.45) is 10.2 Å². The molecular formula is C30H42N11O18P3. The maximum Gasteiger partial charge on any atom is 0.488 e. The minimum atomic E-state index is -5.59. The van der Waals surface area contributed by atoms with Gasteiger partial charge in [0.25, 0.3) is 11.5 Å². The second-order valence-electron chi connectivity index (χ2n) is 12.2. The van der Waals surface area contributed by atoms with E-state index in [1.807, 2.05) is 4.98 Å². The van der Waals surface area contributed by atoms with E-state index < -0.39 is 85.0 Å². The molecule has 7 atom stereocenters. The fraction of sp³-hybridized carbons (Fsp3) is 0.533. The summed E-state index contributed by atoms with van der Waals surface area (Å²) in [5.74, 6) is 4.46. The van der Waals surface area contributed by atoms with Crippen LogP contribution in [0.5, 0.6) is 5.75 Å². The van der Waals surface area contributed by atoms with Crippen molar-refractivity contribution in [3.63, 3.8) is 0 Å². The van der Waals surface area contributed by atoms with Crippen LogP contribution in [0.3, 0.4) is 0 Å². The van der Waals surface area contributed by atoms with Crippen LogP contribution in [0.15, 0.2) is 50.3 Å². The zero-order valence-electron chi connectivity index (χ0n) is 32.7. The summed E-state index contributed by atoms with van der Waals surface area (Å²) in [6, 6.07) is 6.36. The molecule has 1 fully saturated rings. The summed E-state index contributed by atoms with van der Waals surface area (Å²) in [6.45, 7) is -1.04. The molecule has 0 aliphatic carbocycles. The maximum atomic E-state index is 12.7. The van der Waals surface area contributed by atoms with Gasteiger partial charge in [0.2, 0.25) is 5.91 Å². The van der Waals surface area contributed by atoms with Crippen molar-refractivity contribution in [1.82, 2.24) is 25.5 Å². The van der Waals surface area contributed by atoms with Gasteiger partial charge in [0.1, 0.15) is 43.6 Å². The van der Waals surface area contributed by atoms with Gasteiger partial charge in [-0.15, -0.1) is 0 Å². The van der Waals surface area contributed by atoms with E-state index in [1.165, 1.54) is 6.07 Å². The number of hydrogen-bond acceptors (Lipinski definition) is 18. The average Bonchev–Trinajstić information content (AvgIpc) is 3.59. The van der Waals surface area contributed by atoms with Crippen molar-refractivity contribution in [3.05, 3.63) is 83.3 Å². The maximum absolute atomic E-state index is 12.7. The van der Waals surface area contributed by atoms with E-state index in [0.717, 1.165) is 10.8 Å². The molecule has 1 aromatic carbocycles. The summed E-state index contributed by atoms with van der Waals surface area (Å²) in [4.78, 5) is 85.7. The van der Waals surface area contributed by atoms with Crippen molar-refractivity contribution in [1.29, 1.82) is 0 Å². The van der Waals surface area contributed by atoms with E-state index in [9.17, 15) is 42.7 Å². The first-order valence-electron chi connectivity index (χ1n) is 17.7. The van der Waals surface area contributed by atoms with Gasteiger partial charge in [0.05, 0.1) is 32.5 Å². The van der Waals surface area contributed by atoms with Gasteiger partial charge in [0, 0.05) is 47.8 Å². The smallest absolute Gasteiger partial charge is 0.488 e. The number of azide groups is 2. The van der Waals surface area contributed by atoms with Crippen LogP contribution in [0, 0.1) is 11.8 Å². The van der Waals surface area contributed by atoms with Crippen LogP contribution in [0.4, 0.5) is 0 Å². The number of hydrogen-bond donors (Lipinski definition) is 7. The van der Waals surface area contributed by atoms with Gasteiger partial charge in [-0.3, -0.25) is 33.0 Å². The second-order valence-corrected chi connectivity index (χ2v) is 17.2. The molecule has 2 amide bonds. The van der Waals surface area contributed by atoms with E-state index in [2.05, 4.69) is 61.0 Å². The van der Waals surface area contributed by atoms with E-state index >= 15 is 0 Å². The predicted molar refractivity (Wildman–Crippen MR) is 210 cm³/mol. The number of amides is 2. The normalized spacial score (nSPS) is 19.1. The average molecular weight is 938 g/mol. The highest BCUT2D eigenvalue weighted by Crippen LogP contribution is 2.66. The quantitative estimate of drug-likeness (QED) is 0.0170. The first kappa shape index (κ1) is 51.4. The summed E-state index contributed by atoms with van der Waals surface area (Å²) >= 11 is 0. The first-order chi connectivity index (χ1) is 29.3. The zero-order chi connectivity index (χ0) is 45.8. The molecular weight excluding hydrogens is 895 g/mol. The van der Waals surface area contributed by atoms with E-state index in [4.69, 9.17) is 39.6 Å². The van der Waals surface area contributed by atoms with Crippen LogP contribution in [-0.4, -0.2) is 128 Å². The number of benzene rings is 1. The van der Waals surface area contributed by atoms with Crippen LogP contribution in [0.1, 0.15) is 28.6 Å². The highest BCUT2D eigenvalue weighted by Gasteiger charge is 2.43. The summed E-state index contributed by atoms with van der Waals surface area (Å²) in [6.07, 6.45) is -4.01.